The van der Waals surface area contributed by atoms with Gasteiger partial charge in [-0.15, -0.1) is 0 Å². The number of esters is 1. The van der Waals surface area contributed by atoms with Crippen LogP contribution in [0.15, 0.2) is 48.5 Å². The molecule has 0 radical (unpaired) electrons. The SMILES string of the molecule is COC(=O)CCc1c(C)nn(-c2ccc(C(=O)NCc3cccc(COC(C)C)c3)cc2)c1C. The molecule has 0 aliphatic rings. The lowest BCUT2D eigenvalue weighted by molar-refractivity contribution is -0.140. The number of carbonyl (C=O) groups excluding carboxylic acids is 2. The summed E-state index contributed by atoms with van der Waals surface area (Å²) in [6.07, 6.45) is 1.07. The van der Waals surface area contributed by atoms with Gasteiger partial charge in [0.05, 0.1) is 31.2 Å². The van der Waals surface area contributed by atoms with Gasteiger partial charge in [-0.2, -0.15) is 5.10 Å². The van der Waals surface area contributed by atoms with Gasteiger partial charge in [0.25, 0.3) is 5.91 Å². The van der Waals surface area contributed by atoms with Crippen molar-refractivity contribution in [1.82, 2.24) is 15.1 Å². The minimum absolute atomic E-state index is 0.137. The van der Waals surface area contributed by atoms with Crippen LogP contribution < -0.4 is 5.32 Å². The highest BCUT2D eigenvalue weighted by Crippen LogP contribution is 2.20. The summed E-state index contributed by atoms with van der Waals surface area (Å²) in [6, 6.07) is 15.4. The molecule has 7 heteroatoms. The number of nitrogens with one attached hydrogen (secondary N) is 1. The van der Waals surface area contributed by atoms with Crippen LogP contribution >= 0.6 is 0 Å². The van der Waals surface area contributed by atoms with Gasteiger partial charge in [-0.1, -0.05) is 24.3 Å². The fraction of sp³-hybridized carbons (Fsp3) is 0.370. The van der Waals surface area contributed by atoms with Gasteiger partial charge < -0.3 is 14.8 Å². The minimum atomic E-state index is -0.238. The van der Waals surface area contributed by atoms with Gasteiger partial charge in [0.2, 0.25) is 0 Å². The molecule has 7 nitrogen and oxygen atoms in total. The normalized spacial score (nSPS) is 11.0. The van der Waals surface area contributed by atoms with Crippen molar-refractivity contribution in [2.45, 2.75) is 59.8 Å². The van der Waals surface area contributed by atoms with Gasteiger partial charge in [-0.25, -0.2) is 4.68 Å². The second kappa shape index (κ2) is 11.6. The number of hydrogen-bond donors (Lipinski definition) is 1. The molecule has 0 saturated heterocycles. The maximum Gasteiger partial charge on any atom is 0.305 e. The monoisotopic (exact) mass is 463 g/mol. The summed E-state index contributed by atoms with van der Waals surface area (Å²) in [5, 5.41) is 7.60. The molecule has 1 aromatic heterocycles. The third kappa shape index (κ3) is 6.54. The minimum Gasteiger partial charge on any atom is -0.469 e. The number of nitrogens with zero attached hydrogens (tertiary/aromatic N) is 2. The zero-order chi connectivity index (χ0) is 24.7. The molecule has 0 spiro atoms. The van der Waals surface area contributed by atoms with E-state index in [0.29, 0.717) is 31.6 Å². The number of ether oxygens (including phenoxy) is 2. The van der Waals surface area contributed by atoms with E-state index in [1.54, 1.807) is 12.1 Å². The van der Waals surface area contributed by atoms with E-state index in [0.717, 1.165) is 33.8 Å². The Morgan fingerprint density at radius 1 is 1.06 bits per heavy atom. The molecule has 34 heavy (non-hydrogen) atoms. The van der Waals surface area contributed by atoms with E-state index in [1.807, 2.05) is 68.8 Å². The van der Waals surface area contributed by atoms with Gasteiger partial charge in [-0.3, -0.25) is 9.59 Å². The molecule has 3 aromatic rings. The van der Waals surface area contributed by atoms with Gasteiger partial charge in [0.15, 0.2) is 0 Å². The van der Waals surface area contributed by atoms with Crippen LogP contribution in [0.4, 0.5) is 0 Å². The number of hydrogen-bond acceptors (Lipinski definition) is 5. The Balaban J connectivity index is 1.63. The van der Waals surface area contributed by atoms with E-state index in [2.05, 4.69) is 10.4 Å². The van der Waals surface area contributed by atoms with E-state index < -0.39 is 0 Å². The predicted molar refractivity (Wildman–Crippen MR) is 131 cm³/mol. The molecule has 0 unspecified atom stereocenters. The first-order valence-electron chi connectivity index (χ1n) is 11.5. The standard InChI is InChI=1S/C27H33N3O4/c1-18(2)34-17-22-8-6-7-21(15-22)16-28-27(32)23-9-11-24(12-10-23)30-20(4)25(19(3)29-30)13-14-26(31)33-5/h6-12,15,18H,13-14,16-17H2,1-5H3,(H,28,32). The molecule has 1 heterocycles. The Labute approximate surface area is 201 Å². The fourth-order valence-corrected chi connectivity index (χ4v) is 3.75. The molecule has 2 aromatic carbocycles. The number of aromatic nitrogens is 2. The Kier molecular flexibility index (Phi) is 8.60. The van der Waals surface area contributed by atoms with Crippen molar-refractivity contribution in [2.75, 3.05) is 7.11 Å². The highest BCUT2D eigenvalue weighted by molar-refractivity contribution is 5.94. The first-order chi connectivity index (χ1) is 16.3. The van der Waals surface area contributed by atoms with Crippen LogP contribution in [0.3, 0.4) is 0 Å². The van der Waals surface area contributed by atoms with Crippen LogP contribution in [0.2, 0.25) is 0 Å². The summed E-state index contributed by atoms with van der Waals surface area (Å²) in [7, 11) is 1.39. The number of benzene rings is 2. The van der Waals surface area contributed by atoms with Crippen molar-refractivity contribution in [3.05, 3.63) is 82.2 Å². The summed E-state index contributed by atoms with van der Waals surface area (Å²) >= 11 is 0. The molecule has 0 aliphatic carbocycles. The van der Waals surface area contributed by atoms with Crippen molar-refractivity contribution >= 4 is 11.9 Å². The van der Waals surface area contributed by atoms with E-state index >= 15 is 0 Å². The molecule has 0 bridgehead atoms. The van der Waals surface area contributed by atoms with Crippen LogP contribution in [-0.2, 0) is 33.8 Å². The van der Waals surface area contributed by atoms with E-state index in [-0.39, 0.29) is 18.0 Å². The van der Waals surface area contributed by atoms with Crippen LogP contribution in [0, 0.1) is 13.8 Å². The summed E-state index contributed by atoms with van der Waals surface area (Å²) in [6.45, 7) is 8.92. The second-order valence-corrected chi connectivity index (χ2v) is 8.55. The lowest BCUT2D eigenvalue weighted by atomic mass is 10.1. The summed E-state index contributed by atoms with van der Waals surface area (Å²) in [5.74, 6) is -0.375. The number of carbonyl (C=O) groups is 2. The van der Waals surface area contributed by atoms with Gasteiger partial charge in [0, 0.05) is 24.2 Å². The average molecular weight is 464 g/mol. The maximum atomic E-state index is 12.7. The first kappa shape index (κ1) is 25.2. The predicted octanol–water partition coefficient (Wildman–Crippen LogP) is 4.45. The smallest absolute Gasteiger partial charge is 0.305 e. The zero-order valence-electron chi connectivity index (χ0n) is 20.6. The van der Waals surface area contributed by atoms with Crippen LogP contribution in [0.5, 0.6) is 0 Å². The summed E-state index contributed by atoms with van der Waals surface area (Å²) in [5.41, 5.74) is 6.44. The first-order valence-corrected chi connectivity index (χ1v) is 11.5. The van der Waals surface area contributed by atoms with Gasteiger partial charge >= 0.3 is 5.97 Å². The lowest BCUT2D eigenvalue weighted by Gasteiger charge is -2.10. The van der Waals surface area contributed by atoms with Crippen LogP contribution in [0.1, 0.15) is 58.7 Å². The van der Waals surface area contributed by atoms with Crippen molar-refractivity contribution in [3.63, 3.8) is 0 Å². The van der Waals surface area contributed by atoms with Crippen LogP contribution in [0.25, 0.3) is 5.69 Å². The average Bonchev–Trinajstić information content (AvgIpc) is 3.13. The topological polar surface area (TPSA) is 82.5 Å². The molecule has 0 atom stereocenters. The molecule has 3 rings (SSSR count). The Bertz CT molecular complexity index is 1130. The molecule has 0 fully saturated rings. The van der Waals surface area contributed by atoms with E-state index in [1.165, 1.54) is 7.11 Å². The zero-order valence-corrected chi connectivity index (χ0v) is 20.6. The molecular weight excluding hydrogens is 430 g/mol. The number of aryl methyl sites for hydroxylation is 1. The van der Waals surface area contributed by atoms with Crippen molar-refractivity contribution in [1.29, 1.82) is 0 Å². The highest BCUT2D eigenvalue weighted by atomic mass is 16.5. The Hall–Kier alpha value is -3.45. The van der Waals surface area contributed by atoms with E-state index in [4.69, 9.17) is 9.47 Å². The Morgan fingerprint density at radius 3 is 2.44 bits per heavy atom. The molecule has 180 valence electrons. The Morgan fingerprint density at radius 2 is 1.76 bits per heavy atom. The quantitative estimate of drug-likeness (QED) is 0.449. The second-order valence-electron chi connectivity index (χ2n) is 8.55. The third-order valence-electron chi connectivity index (χ3n) is 5.65. The third-order valence-corrected chi connectivity index (χ3v) is 5.65. The number of amides is 1. The number of rotatable bonds is 10. The molecular formula is C27H33N3O4. The van der Waals surface area contributed by atoms with Crippen LogP contribution in [-0.4, -0.2) is 34.9 Å². The summed E-state index contributed by atoms with van der Waals surface area (Å²) in [4.78, 5) is 24.2. The number of methoxy groups -OCH3 is 1. The maximum absolute atomic E-state index is 12.7. The lowest BCUT2D eigenvalue weighted by Crippen LogP contribution is -2.22. The largest absolute Gasteiger partial charge is 0.469 e. The van der Waals surface area contributed by atoms with Crippen molar-refractivity contribution < 1.29 is 19.1 Å². The molecule has 1 N–H and O–H groups in total. The fourth-order valence-electron chi connectivity index (χ4n) is 3.75. The van der Waals surface area contributed by atoms with E-state index in [9.17, 15) is 9.59 Å². The van der Waals surface area contributed by atoms with Gasteiger partial charge in [-0.05, 0) is 75.1 Å². The van der Waals surface area contributed by atoms with Gasteiger partial charge in [0.1, 0.15) is 0 Å². The summed E-state index contributed by atoms with van der Waals surface area (Å²) < 4.78 is 12.2. The molecule has 1 amide bonds. The van der Waals surface area contributed by atoms with Crippen molar-refractivity contribution in [3.8, 4) is 5.69 Å². The molecule has 0 aliphatic heterocycles. The highest BCUT2D eigenvalue weighted by Gasteiger charge is 2.15. The van der Waals surface area contributed by atoms with Crippen molar-refractivity contribution in [2.24, 2.45) is 0 Å². The molecule has 0 saturated carbocycles.